The number of hydrogen-bond acceptors (Lipinski definition) is 3. The molecule has 1 aromatic rings. The standard InChI is InChI=1S/C8H16N4/c1-4-8(2,9)5-7-6-12(3)11-10-7/h6H,4-5,9H2,1-3H3. The Labute approximate surface area is 72.8 Å². The van der Waals surface area contributed by atoms with E-state index in [0.29, 0.717) is 0 Å². The maximum atomic E-state index is 5.98. The average molecular weight is 168 g/mol. The highest BCUT2D eigenvalue weighted by atomic mass is 15.4. The first-order valence-electron chi connectivity index (χ1n) is 4.17. The number of rotatable bonds is 3. The lowest BCUT2D eigenvalue weighted by Crippen LogP contribution is -2.37. The zero-order valence-electron chi connectivity index (χ0n) is 7.91. The van der Waals surface area contributed by atoms with Gasteiger partial charge in [-0.15, -0.1) is 5.10 Å². The predicted octanol–water partition coefficient (Wildman–Crippen LogP) is 0.485. The van der Waals surface area contributed by atoms with Crippen molar-refractivity contribution in [2.24, 2.45) is 12.8 Å². The topological polar surface area (TPSA) is 56.7 Å². The highest BCUT2D eigenvalue weighted by Crippen LogP contribution is 2.10. The van der Waals surface area contributed by atoms with E-state index in [1.807, 2.05) is 20.2 Å². The van der Waals surface area contributed by atoms with Crippen molar-refractivity contribution in [3.8, 4) is 0 Å². The molecule has 0 amide bonds. The van der Waals surface area contributed by atoms with Gasteiger partial charge in [-0.1, -0.05) is 12.1 Å². The molecule has 0 radical (unpaired) electrons. The van der Waals surface area contributed by atoms with Crippen molar-refractivity contribution in [2.75, 3.05) is 0 Å². The minimum absolute atomic E-state index is 0.157. The molecule has 1 unspecified atom stereocenters. The second-order valence-corrected chi connectivity index (χ2v) is 3.57. The molecule has 1 aromatic heterocycles. The van der Waals surface area contributed by atoms with Crippen LogP contribution < -0.4 is 5.73 Å². The fraction of sp³-hybridized carbons (Fsp3) is 0.750. The third-order valence-corrected chi connectivity index (χ3v) is 2.04. The molecule has 12 heavy (non-hydrogen) atoms. The molecule has 0 fully saturated rings. The minimum Gasteiger partial charge on any atom is -0.325 e. The van der Waals surface area contributed by atoms with Gasteiger partial charge in [-0.25, -0.2) is 0 Å². The first-order valence-corrected chi connectivity index (χ1v) is 4.17. The van der Waals surface area contributed by atoms with E-state index in [9.17, 15) is 0 Å². The zero-order chi connectivity index (χ0) is 9.19. The fourth-order valence-electron chi connectivity index (χ4n) is 1.02. The van der Waals surface area contributed by atoms with Crippen LogP contribution in [0.5, 0.6) is 0 Å². The Morgan fingerprint density at radius 1 is 1.67 bits per heavy atom. The van der Waals surface area contributed by atoms with E-state index in [-0.39, 0.29) is 5.54 Å². The van der Waals surface area contributed by atoms with Gasteiger partial charge in [-0.05, 0) is 13.3 Å². The molecular weight excluding hydrogens is 152 g/mol. The molecule has 0 aromatic carbocycles. The van der Waals surface area contributed by atoms with Crippen molar-refractivity contribution in [2.45, 2.75) is 32.2 Å². The molecule has 1 atom stereocenters. The Bertz CT molecular complexity index is 251. The smallest absolute Gasteiger partial charge is 0.0845 e. The van der Waals surface area contributed by atoms with Crippen molar-refractivity contribution in [1.29, 1.82) is 0 Å². The molecule has 4 nitrogen and oxygen atoms in total. The molecule has 1 heterocycles. The van der Waals surface area contributed by atoms with Crippen molar-refractivity contribution in [3.05, 3.63) is 11.9 Å². The highest BCUT2D eigenvalue weighted by molar-refractivity contribution is 4.99. The van der Waals surface area contributed by atoms with E-state index in [1.165, 1.54) is 0 Å². The second kappa shape index (κ2) is 3.23. The van der Waals surface area contributed by atoms with E-state index in [4.69, 9.17) is 5.73 Å². The van der Waals surface area contributed by atoms with Crippen LogP contribution in [0.3, 0.4) is 0 Å². The summed E-state index contributed by atoms with van der Waals surface area (Å²) in [5.74, 6) is 0. The van der Waals surface area contributed by atoms with Gasteiger partial charge in [0.05, 0.1) is 5.69 Å². The maximum absolute atomic E-state index is 5.98. The molecule has 0 bridgehead atoms. The van der Waals surface area contributed by atoms with Crippen LogP contribution in [0.2, 0.25) is 0 Å². The van der Waals surface area contributed by atoms with Crippen LogP contribution >= 0.6 is 0 Å². The van der Waals surface area contributed by atoms with E-state index < -0.39 is 0 Å². The van der Waals surface area contributed by atoms with Gasteiger partial charge in [0.1, 0.15) is 0 Å². The van der Waals surface area contributed by atoms with E-state index >= 15 is 0 Å². The van der Waals surface area contributed by atoms with E-state index in [2.05, 4.69) is 17.2 Å². The number of aromatic nitrogens is 3. The third-order valence-electron chi connectivity index (χ3n) is 2.04. The van der Waals surface area contributed by atoms with Crippen LogP contribution in [0.15, 0.2) is 6.20 Å². The normalized spacial score (nSPS) is 16.0. The van der Waals surface area contributed by atoms with Crippen molar-refractivity contribution >= 4 is 0 Å². The molecular formula is C8H16N4. The summed E-state index contributed by atoms with van der Waals surface area (Å²) in [5, 5.41) is 7.83. The summed E-state index contributed by atoms with van der Waals surface area (Å²) < 4.78 is 1.70. The van der Waals surface area contributed by atoms with Crippen LogP contribution in [-0.2, 0) is 13.5 Å². The number of hydrogen-bond donors (Lipinski definition) is 1. The van der Waals surface area contributed by atoms with Crippen LogP contribution in [0.25, 0.3) is 0 Å². The van der Waals surface area contributed by atoms with Crippen LogP contribution in [-0.4, -0.2) is 20.5 Å². The predicted molar refractivity (Wildman–Crippen MR) is 47.6 cm³/mol. The summed E-state index contributed by atoms with van der Waals surface area (Å²) in [6.07, 6.45) is 3.64. The van der Waals surface area contributed by atoms with E-state index in [1.54, 1.807) is 4.68 Å². The second-order valence-electron chi connectivity index (χ2n) is 3.57. The van der Waals surface area contributed by atoms with Crippen molar-refractivity contribution < 1.29 is 0 Å². The summed E-state index contributed by atoms with van der Waals surface area (Å²) in [4.78, 5) is 0. The fourth-order valence-corrected chi connectivity index (χ4v) is 1.02. The highest BCUT2D eigenvalue weighted by Gasteiger charge is 2.17. The molecule has 0 aliphatic carbocycles. The minimum atomic E-state index is -0.157. The van der Waals surface area contributed by atoms with Gasteiger partial charge in [-0.2, -0.15) is 0 Å². The molecule has 0 saturated heterocycles. The van der Waals surface area contributed by atoms with Gasteiger partial charge in [-0.3, -0.25) is 4.68 Å². The number of aryl methyl sites for hydroxylation is 1. The lowest BCUT2D eigenvalue weighted by molar-refractivity contribution is 0.445. The third kappa shape index (κ3) is 2.30. The van der Waals surface area contributed by atoms with Crippen molar-refractivity contribution in [1.82, 2.24) is 15.0 Å². The Morgan fingerprint density at radius 3 is 2.75 bits per heavy atom. The Morgan fingerprint density at radius 2 is 2.33 bits per heavy atom. The van der Waals surface area contributed by atoms with Gasteiger partial charge in [0, 0.05) is 25.2 Å². The quantitative estimate of drug-likeness (QED) is 0.714. The van der Waals surface area contributed by atoms with Crippen LogP contribution in [0.1, 0.15) is 26.0 Å². The van der Waals surface area contributed by atoms with E-state index in [0.717, 1.165) is 18.5 Å². The largest absolute Gasteiger partial charge is 0.325 e. The van der Waals surface area contributed by atoms with Gasteiger partial charge in [0.2, 0.25) is 0 Å². The summed E-state index contributed by atoms with van der Waals surface area (Å²) >= 11 is 0. The number of nitrogens with two attached hydrogens (primary N) is 1. The van der Waals surface area contributed by atoms with Gasteiger partial charge in [0.25, 0.3) is 0 Å². The average Bonchev–Trinajstić information content (AvgIpc) is 2.35. The first kappa shape index (κ1) is 9.19. The maximum Gasteiger partial charge on any atom is 0.0845 e. The summed E-state index contributed by atoms with van der Waals surface area (Å²) in [5.41, 5.74) is 6.79. The summed E-state index contributed by atoms with van der Waals surface area (Å²) in [7, 11) is 1.86. The number of nitrogens with zero attached hydrogens (tertiary/aromatic N) is 3. The zero-order valence-corrected chi connectivity index (χ0v) is 7.91. The van der Waals surface area contributed by atoms with Gasteiger partial charge in [0.15, 0.2) is 0 Å². The van der Waals surface area contributed by atoms with Crippen LogP contribution in [0, 0.1) is 0 Å². The molecule has 68 valence electrons. The lowest BCUT2D eigenvalue weighted by Gasteiger charge is -2.20. The van der Waals surface area contributed by atoms with Crippen molar-refractivity contribution in [3.63, 3.8) is 0 Å². The summed E-state index contributed by atoms with van der Waals surface area (Å²) in [6, 6.07) is 0. The molecule has 4 heteroatoms. The molecule has 0 spiro atoms. The molecule has 1 rings (SSSR count). The summed E-state index contributed by atoms with van der Waals surface area (Å²) in [6.45, 7) is 4.11. The molecule has 0 saturated carbocycles. The van der Waals surface area contributed by atoms with Gasteiger partial charge >= 0.3 is 0 Å². The molecule has 2 N–H and O–H groups in total. The SMILES string of the molecule is CCC(C)(N)Cc1cn(C)nn1. The molecule has 0 aliphatic heterocycles. The Kier molecular flexibility index (Phi) is 2.47. The lowest BCUT2D eigenvalue weighted by atomic mass is 9.95. The van der Waals surface area contributed by atoms with Crippen LogP contribution in [0.4, 0.5) is 0 Å². The molecule has 0 aliphatic rings. The Balaban J connectivity index is 2.63. The first-order chi connectivity index (χ1) is 5.53. The Hall–Kier alpha value is -0.900. The monoisotopic (exact) mass is 168 g/mol. The van der Waals surface area contributed by atoms with Gasteiger partial charge < -0.3 is 5.73 Å².